The second kappa shape index (κ2) is 13.7. The third-order valence-corrected chi connectivity index (χ3v) is 5.77. The van der Waals surface area contributed by atoms with Gasteiger partial charge in [0.25, 0.3) is 0 Å². The van der Waals surface area contributed by atoms with Crippen molar-refractivity contribution in [2.45, 2.75) is 53.2 Å². The van der Waals surface area contributed by atoms with Gasteiger partial charge in [0.1, 0.15) is 11.7 Å². The molecule has 0 amide bonds. The Bertz CT molecular complexity index is 1160. The van der Waals surface area contributed by atoms with Gasteiger partial charge in [0, 0.05) is 24.6 Å². The van der Waals surface area contributed by atoms with Crippen molar-refractivity contribution < 1.29 is 5.11 Å². The smallest absolute Gasteiger partial charge is 0.134 e. The lowest BCUT2D eigenvalue weighted by molar-refractivity contribution is 0.0427. The Morgan fingerprint density at radius 3 is 2.16 bits per heavy atom. The quantitative estimate of drug-likeness (QED) is 0.219. The molecule has 0 unspecified atom stereocenters. The van der Waals surface area contributed by atoms with Crippen molar-refractivity contribution in [3.8, 4) is 0 Å². The van der Waals surface area contributed by atoms with Crippen molar-refractivity contribution in [3.63, 3.8) is 0 Å². The molecule has 2 N–H and O–H groups in total. The molecule has 3 rings (SSSR count). The number of hydrogen-bond donors (Lipinski definition) is 2. The molecule has 1 aliphatic rings. The van der Waals surface area contributed by atoms with E-state index in [1.54, 1.807) is 13.1 Å². The topological polar surface area (TPSA) is 57.0 Å². The van der Waals surface area contributed by atoms with Crippen molar-refractivity contribution in [3.05, 3.63) is 126 Å². The molecule has 0 bridgehead atoms. The summed E-state index contributed by atoms with van der Waals surface area (Å²) >= 11 is 0. The number of aliphatic imine (C=N–C) groups is 2. The Morgan fingerprint density at radius 1 is 1.03 bits per heavy atom. The van der Waals surface area contributed by atoms with Gasteiger partial charge in [-0.15, -0.1) is 0 Å². The van der Waals surface area contributed by atoms with Crippen LogP contribution in [0.1, 0.15) is 50.8 Å². The number of hydrogen-bond acceptors (Lipinski definition) is 3. The first-order valence-electron chi connectivity index (χ1n) is 12.6. The van der Waals surface area contributed by atoms with E-state index >= 15 is 0 Å². The Hall–Kier alpha value is -3.50. The minimum Gasteiger partial charge on any atom is -0.390 e. The average molecular weight is 497 g/mol. The zero-order chi connectivity index (χ0) is 27.5. The van der Waals surface area contributed by atoms with E-state index in [2.05, 4.69) is 81.0 Å². The highest BCUT2D eigenvalue weighted by Gasteiger charge is 2.33. The van der Waals surface area contributed by atoms with Crippen molar-refractivity contribution >= 4 is 11.7 Å². The molecule has 2 aromatic carbocycles. The summed E-state index contributed by atoms with van der Waals surface area (Å²) in [5.41, 5.74) is 5.14. The predicted octanol–water partition coefficient (Wildman–Crippen LogP) is 7.18. The van der Waals surface area contributed by atoms with Crippen LogP contribution in [0.4, 0.5) is 0 Å². The molecule has 0 aromatic heterocycles. The van der Waals surface area contributed by atoms with E-state index in [9.17, 15) is 5.11 Å². The molecule has 0 atom stereocenters. The van der Waals surface area contributed by atoms with E-state index in [1.807, 2.05) is 56.3 Å². The Balaban J connectivity index is 0.000000364. The molecule has 1 radical (unpaired) electrons. The van der Waals surface area contributed by atoms with Gasteiger partial charge < -0.3 is 10.4 Å². The summed E-state index contributed by atoms with van der Waals surface area (Å²) in [5.74, 6) is 1.44. The van der Waals surface area contributed by atoms with E-state index in [1.165, 1.54) is 11.1 Å². The van der Waals surface area contributed by atoms with Crippen LogP contribution >= 0.6 is 0 Å². The van der Waals surface area contributed by atoms with Crippen LogP contribution in [0.25, 0.3) is 0 Å². The first-order valence-corrected chi connectivity index (χ1v) is 12.6. The number of allylic oxidation sites excluding steroid dienone is 4. The Morgan fingerprint density at radius 2 is 1.65 bits per heavy atom. The molecule has 4 heteroatoms. The zero-order valence-corrected chi connectivity index (χ0v) is 23.3. The molecule has 0 saturated carbocycles. The molecule has 0 heterocycles. The maximum Gasteiger partial charge on any atom is 0.134 e. The molecule has 195 valence electrons. The van der Waals surface area contributed by atoms with Crippen molar-refractivity contribution in [2.24, 2.45) is 15.4 Å². The maximum atomic E-state index is 9.59. The summed E-state index contributed by atoms with van der Waals surface area (Å²) in [4.78, 5) is 9.10. The minimum atomic E-state index is -0.555. The van der Waals surface area contributed by atoms with Crippen molar-refractivity contribution in [1.29, 1.82) is 0 Å². The second-order valence-electron chi connectivity index (χ2n) is 10.5. The third kappa shape index (κ3) is 11.0. The monoisotopic (exact) mass is 496 g/mol. The number of aliphatic hydroxyl groups is 1. The van der Waals surface area contributed by atoms with Gasteiger partial charge in [-0.1, -0.05) is 117 Å². The number of amidine groups is 2. The Kier molecular flexibility index (Phi) is 11.0. The zero-order valence-electron chi connectivity index (χ0n) is 23.3. The lowest BCUT2D eigenvalue weighted by Gasteiger charge is -2.29. The van der Waals surface area contributed by atoms with Crippen LogP contribution in [0.5, 0.6) is 0 Å². The van der Waals surface area contributed by atoms with Gasteiger partial charge in [0.15, 0.2) is 0 Å². The normalized spacial score (nSPS) is 14.0. The first kappa shape index (κ1) is 29.7. The maximum absolute atomic E-state index is 9.59. The lowest BCUT2D eigenvalue weighted by Crippen LogP contribution is -2.32. The molecule has 4 nitrogen and oxygen atoms in total. The number of nitrogens with zero attached hydrogens (tertiary/aromatic N) is 2. The first-order chi connectivity index (χ1) is 17.4. The van der Waals surface area contributed by atoms with Gasteiger partial charge in [-0.25, -0.2) is 0 Å². The van der Waals surface area contributed by atoms with Crippen molar-refractivity contribution in [2.75, 3.05) is 7.05 Å². The van der Waals surface area contributed by atoms with Crippen LogP contribution in [-0.4, -0.2) is 29.4 Å². The van der Waals surface area contributed by atoms with Crippen LogP contribution in [0.15, 0.2) is 113 Å². The average Bonchev–Trinajstić information content (AvgIpc) is 3.70. The van der Waals surface area contributed by atoms with E-state index in [0.717, 1.165) is 29.0 Å². The number of rotatable bonds is 9. The standard InChI is InChI=1S/C23H25N3.C10H17O/c1-5-6-10-19(3)22(24-4)26-23(21-11-8-7-9-12-21)25-17-20-15-13-18(2)14-16-20;1-9(2,8-5-6-8)7-10(3,4)11/h5-16H,1,3,17H2,2,4H3,(H,24,25,26);5-6,11H,7H2,1-4H3/b10-6-;. The summed E-state index contributed by atoms with van der Waals surface area (Å²) in [7, 11) is 1.73. The lowest BCUT2D eigenvalue weighted by atomic mass is 9.79. The van der Waals surface area contributed by atoms with Crippen LogP contribution in [-0.2, 0) is 6.54 Å². The van der Waals surface area contributed by atoms with E-state index in [-0.39, 0.29) is 5.41 Å². The summed E-state index contributed by atoms with van der Waals surface area (Å²) in [6.07, 6.45) is 10.5. The van der Waals surface area contributed by atoms with E-state index in [4.69, 9.17) is 4.99 Å². The molecule has 2 aromatic rings. The van der Waals surface area contributed by atoms with Gasteiger partial charge >= 0.3 is 0 Å². The minimum absolute atomic E-state index is 0.151. The van der Waals surface area contributed by atoms with E-state index in [0.29, 0.717) is 12.4 Å². The SMILES string of the molecule is C=C/C=C\C(=C)C(=NC)NC(=NCc1ccc(C)cc1)c1ccccc1.CC(C)(O)CC(C)(C)C1=C[CH]1. The highest BCUT2D eigenvalue weighted by molar-refractivity contribution is 6.15. The van der Waals surface area contributed by atoms with Crippen LogP contribution in [0, 0.1) is 18.8 Å². The molecule has 0 spiro atoms. The van der Waals surface area contributed by atoms with Gasteiger partial charge in [-0.05, 0) is 38.2 Å². The fourth-order valence-corrected chi connectivity index (χ4v) is 3.99. The fourth-order valence-electron chi connectivity index (χ4n) is 3.99. The van der Waals surface area contributed by atoms with Gasteiger partial charge in [0.2, 0.25) is 0 Å². The summed E-state index contributed by atoms with van der Waals surface area (Å²) in [6, 6.07) is 18.4. The Labute approximate surface area is 224 Å². The summed E-state index contributed by atoms with van der Waals surface area (Å²) in [6.45, 7) is 18.5. The predicted molar refractivity (Wildman–Crippen MR) is 160 cm³/mol. The highest BCUT2D eigenvalue weighted by atomic mass is 16.3. The molecule has 0 saturated heterocycles. The second-order valence-corrected chi connectivity index (χ2v) is 10.5. The molecule has 1 aliphatic carbocycles. The third-order valence-electron chi connectivity index (χ3n) is 5.77. The van der Waals surface area contributed by atoms with Gasteiger partial charge in [0.05, 0.1) is 12.1 Å². The van der Waals surface area contributed by atoms with E-state index < -0.39 is 5.60 Å². The van der Waals surface area contributed by atoms with Crippen molar-refractivity contribution in [1.82, 2.24) is 5.32 Å². The molecule has 0 fully saturated rings. The van der Waals surface area contributed by atoms with Gasteiger partial charge in [-0.2, -0.15) is 0 Å². The number of aryl methyl sites for hydroxylation is 1. The van der Waals surface area contributed by atoms with Crippen LogP contribution in [0.2, 0.25) is 0 Å². The van der Waals surface area contributed by atoms with Crippen LogP contribution < -0.4 is 5.32 Å². The highest BCUT2D eigenvalue weighted by Crippen LogP contribution is 2.42. The summed E-state index contributed by atoms with van der Waals surface area (Å²) < 4.78 is 0. The number of benzene rings is 2. The number of nitrogens with one attached hydrogen (secondary N) is 1. The largest absolute Gasteiger partial charge is 0.390 e. The van der Waals surface area contributed by atoms with Crippen LogP contribution in [0.3, 0.4) is 0 Å². The summed E-state index contributed by atoms with van der Waals surface area (Å²) in [5, 5.41) is 12.9. The van der Waals surface area contributed by atoms with Gasteiger partial charge in [-0.3, -0.25) is 9.98 Å². The molecule has 0 aliphatic heterocycles. The molecule has 37 heavy (non-hydrogen) atoms. The molecular weight excluding hydrogens is 454 g/mol. The fraction of sp³-hybridized carbons (Fsp3) is 0.303. The molecular formula is C33H42N3O.